The predicted octanol–water partition coefficient (Wildman–Crippen LogP) is 7.13. The third kappa shape index (κ3) is 7.30. The number of nitrogens with one attached hydrogen (secondary N) is 1. The monoisotopic (exact) mass is 627 g/mol. The second kappa shape index (κ2) is 14.2. The number of esters is 1. The number of amides is 1. The zero-order chi connectivity index (χ0) is 32.8. The molecule has 1 N–H and O–H groups in total. The van der Waals surface area contributed by atoms with E-state index in [9.17, 15) is 23.2 Å². The van der Waals surface area contributed by atoms with Crippen LogP contribution in [0.5, 0.6) is 11.5 Å². The first kappa shape index (κ1) is 32.1. The molecular formula is C36H35F2N3O5. The molecule has 0 aliphatic carbocycles. The number of hydrogen-bond donors (Lipinski definition) is 1. The van der Waals surface area contributed by atoms with Gasteiger partial charge >= 0.3 is 5.97 Å². The number of fused-ring (bicyclic) bond motifs is 1. The topological polar surface area (TPSA) is 89.9 Å². The molecule has 1 amide bonds. The normalized spacial score (nSPS) is 11.1. The molecule has 0 unspecified atom stereocenters. The van der Waals surface area contributed by atoms with Crippen molar-refractivity contribution in [2.45, 2.75) is 33.5 Å². The summed E-state index contributed by atoms with van der Waals surface area (Å²) in [5.74, 6) is -1.78. The zero-order valence-corrected chi connectivity index (χ0v) is 25.7. The van der Waals surface area contributed by atoms with Crippen molar-refractivity contribution in [1.29, 1.82) is 0 Å². The molecule has 0 spiro atoms. The van der Waals surface area contributed by atoms with Gasteiger partial charge in [-0.3, -0.25) is 14.5 Å². The number of anilines is 1. The Kier molecular flexibility index (Phi) is 9.88. The lowest BCUT2D eigenvalue weighted by Crippen LogP contribution is -2.24. The van der Waals surface area contributed by atoms with Crippen LogP contribution in [0.15, 0.2) is 95.9 Å². The van der Waals surface area contributed by atoms with Crippen LogP contribution in [0.25, 0.3) is 10.9 Å². The van der Waals surface area contributed by atoms with Gasteiger partial charge in [-0.25, -0.2) is 13.6 Å². The van der Waals surface area contributed by atoms with Crippen molar-refractivity contribution >= 4 is 28.5 Å². The number of pyridine rings is 1. The van der Waals surface area contributed by atoms with E-state index in [0.717, 1.165) is 17.7 Å². The number of halogens is 2. The van der Waals surface area contributed by atoms with Crippen molar-refractivity contribution in [3.8, 4) is 11.5 Å². The van der Waals surface area contributed by atoms with E-state index in [2.05, 4.69) is 5.32 Å². The van der Waals surface area contributed by atoms with E-state index < -0.39 is 23.0 Å². The van der Waals surface area contributed by atoms with E-state index in [1.54, 1.807) is 43.3 Å². The number of carbonyl (C=O) groups excluding carboxylic acids is 2. The summed E-state index contributed by atoms with van der Waals surface area (Å²) >= 11 is 0. The maximum absolute atomic E-state index is 14.8. The lowest BCUT2D eigenvalue weighted by Gasteiger charge is -2.22. The molecule has 0 atom stereocenters. The van der Waals surface area contributed by atoms with Gasteiger partial charge in [0.25, 0.3) is 0 Å². The highest BCUT2D eigenvalue weighted by Crippen LogP contribution is 2.33. The summed E-state index contributed by atoms with van der Waals surface area (Å²) in [4.78, 5) is 40.6. The van der Waals surface area contributed by atoms with Crippen LogP contribution in [0.2, 0.25) is 0 Å². The van der Waals surface area contributed by atoms with Gasteiger partial charge in [0.15, 0.2) is 0 Å². The highest BCUT2D eigenvalue weighted by Gasteiger charge is 2.23. The molecule has 8 nitrogen and oxygen atoms in total. The van der Waals surface area contributed by atoms with Gasteiger partial charge in [0, 0.05) is 44.5 Å². The maximum Gasteiger partial charge on any atom is 0.343 e. The Hall–Kier alpha value is -5.35. The van der Waals surface area contributed by atoms with Gasteiger partial charge < -0.3 is 19.4 Å². The van der Waals surface area contributed by atoms with Crippen molar-refractivity contribution in [3.05, 3.63) is 135 Å². The molecule has 0 saturated carbocycles. The summed E-state index contributed by atoms with van der Waals surface area (Å²) in [7, 11) is 1.89. The standard InChI is InChI=1S/C36H33F2N3O5.H2/c1-4-45-36(44)29-22-41(21-27-30(37)11-8-12-31(27)38)32-17-18-33(46-26-15-13-25(14-16-26)39-23(2)42)28(34(32)35(29)43)20-40(3)19-24-9-6-5-7-10-24;/h5-18,22H,4,19-21H2,1-3H3,(H,39,42);1H. The number of carbonyl (C=O) groups is 2. The average Bonchev–Trinajstić information content (AvgIpc) is 3.02. The van der Waals surface area contributed by atoms with Crippen LogP contribution in [-0.2, 0) is 29.2 Å². The molecule has 0 aliphatic heterocycles. The van der Waals surface area contributed by atoms with Crippen LogP contribution in [0.3, 0.4) is 0 Å². The third-order valence-corrected chi connectivity index (χ3v) is 7.33. The summed E-state index contributed by atoms with van der Waals surface area (Å²) in [5.41, 5.74) is 1.38. The minimum absolute atomic E-state index is 0. The molecular weight excluding hydrogens is 592 g/mol. The Bertz CT molecular complexity index is 1930. The Morgan fingerprint density at radius 3 is 2.24 bits per heavy atom. The van der Waals surface area contributed by atoms with Gasteiger partial charge in [0.05, 0.1) is 24.1 Å². The first-order valence-corrected chi connectivity index (χ1v) is 14.7. The molecule has 0 radical (unpaired) electrons. The van der Waals surface area contributed by atoms with Gasteiger partial charge in [-0.15, -0.1) is 0 Å². The van der Waals surface area contributed by atoms with E-state index in [4.69, 9.17) is 9.47 Å². The van der Waals surface area contributed by atoms with E-state index >= 15 is 0 Å². The van der Waals surface area contributed by atoms with Crippen molar-refractivity contribution in [2.24, 2.45) is 0 Å². The molecule has 238 valence electrons. The van der Waals surface area contributed by atoms with Crippen LogP contribution in [0.4, 0.5) is 14.5 Å². The maximum atomic E-state index is 14.8. The lowest BCUT2D eigenvalue weighted by molar-refractivity contribution is -0.114. The quantitative estimate of drug-likeness (QED) is 0.157. The van der Waals surface area contributed by atoms with Crippen LogP contribution < -0.4 is 15.5 Å². The largest absolute Gasteiger partial charge is 0.462 e. The summed E-state index contributed by atoms with van der Waals surface area (Å²) < 4.78 is 42.6. The highest BCUT2D eigenvalue weighted by molar-refractivity contribution is 5.95. The van der Waals surface area contributed by atoms with Crippen LogP contribution in [0.1, 0.15) is 42.3 Å². The molecule has 0 fully saturated rings. The van der Waals surface area contributed by atoms with Crippen LogP contribution >= 0.6 is 0 Å². The van der Waals surface area contributed by atoms with E-state index in [0.29, 0.717) is 34.8 Å². The van der Waals surface area contributed by atoms with Crippen molar-refractivity contribution in [1.82, 2.24) is 9.47 Å². The number of aromatic nitrogens is 1. The SMILES string of the molecule is CCOC(=O)c1cn(Cc2c(F)cccc2F)c2ccc(Oc3ccc(NC(C)=O)cc3)c(CN(C)Cc3ccccc3)c2c1=O.[HH]. The van der Waals surface area contributed by atoms with Gasteiger partial charge in [0.2, 0.25) is 11.3 Å². The van der Waals surface area contributed by atoms with Crippen molar-refractivity contribution < 1.29 is 29.3 Å². The molecule has 4 aromatic carbocycles. The fourth-order valence-corrected chi connectivity index (χ4v) is 5.28. The smallest absolute Gasteiger partial charge is 0.343 e. The number of ether oxygens (including phenoxy) is 2. The lowest BCUT2D eigenvalue weighted by atomic mass is 10.0. The Morgan fingerprint density at radius 2 is 1.59 bits per heavy atom. The first-order valence-electron chi connectivity index (χ1n) is 14.7. The third-order valence-electron chi connectivity index (χ3n) is 7.33. The summed E-state index contributed by atoms with van der Waals surface area (Å²) in [6, 6.07) is 23.4. The van der Waals surface area contributed by atoms with Gasteiger partial charge in [-0.1, -0.05) is 36.4 Å². The van der Waals surface area contributed by atoms with E-state index in [1.807, 2.05) is 42.3 Å². The second-order valence-corrected chi connectivity index (χ2v) is 10.8. The van der Waals surface area contributed by atoms with Crippen molar-refractivity contribution in [2.75, 3.05) is 19.0 Å². The summed E-state index contributed by atoms with van der Waals surface area (Å²) in [5, 5.41) is 2.87. The second-order valence-electron chi connectivity index (χ2n) is 10.8. The molecule has 1 aromatic heterocycles. The molecule has 46 heavy (non-hydrogen) atoms. The Morgan fingerprint density at radius 1 is 0.891 bits per heavy atom. The molecule has 0 bridgehead atoms. The molecule has 10 heteroatoms. The van der Waals surface area contributed by atoms with Crippen LogP contribution in [-0.4, -0.2) is 35.0 Å². The Labute approximate surface area is 266 Å². The number of hydrogen-bond acceptors (Lipinski definition) is 6. The first-order chi connectivity index (χ1) is 22.1. The van der Waals surface area contributed by atoms with Gasteiger partial charge in [-0.05, 0) is 68.1 Å². The molecule has 5 aromatic rings. The Balaban J connectivity index is 0.00000500. The van der Waals surface area contributed by atoms with Gasteiger partial charge in [-0.2, -0.15) is 0 Å². The molecule has 0 saturated heterocycles. The summed E-state index contributed by atoms with van der Waals surface area (Å²) in [6.45, 7) is 3.54. The zero-order valence-electron chi connectivity index (χ0n) is 25.7. The fraction of sp³-hybridized carbons (Fsp3) is 0.194. The average molecular weight is 628 g/mol. The summed E-state index contributed by atoms with van der Waals surface area (Å²) in [6.07, 6.45) is 1.29. The van der Waals surface area contributed by atoms with E-state index in [-0.39, 0.29) is 43.5 Å². The number of benzene rings is 4. The fourth-order valence-electron chi connectivity index (χ4n) is 5.28. The highest BCUT2D eigenvalue weighted by atomic mass is 19.1. The van der Waals surface area contributed by atoms with Crippen molar-refractivity contribution in [3.63, 3.8) is 0 Å². The number of rotatable bonds is 11. The minimum atomic E-state index is -0.847. The number of nitrogens with zero attached hydrogens (tertiary/aromatic N) is 2. The minimum Gasteiger partial charge on any atom is -0.462 e. The van der Waals surface area contributed by atoms with Gasteiger partial charge in [0.1, 0.15) is 28.7 Å². The molecule has 0 aliphatic rings. The van der Waals surface area contributed by atoms with E-state index in [1.165, 1.54) is 23.8 Å². The molecule has 5 rings (SSSR count). The van der Waals surface area contributed by atoms with Crippen LogP contribution in [0, 0.1) is 11.6 Å². The molecule has 1 heterocycles. The predicted molar refractivity (Wildman–Crippen MR) is 174 cm³/mol.